The highest BCUT2D eigenvalue weighted by Gasteiger charge is 2.20. The Morgan fingerprint density at radius 1 is 0.952 bits per heavy atom. The maximum atomic E-state index is 13.1. The summed E-state index contributed by atoms with van der Waals surface area (Å²) in [4.78, 5) is 10.4. The zero-order valence-corrected chi connectivity index (χ0v) is 13.4. The van der Waals surface area contributed by atoms with Gasteiger partial charge in [-0.05, 0) is 6.92 Å². The van der Waals surface area contributed by atoms with Crippen LogP contribution in [0, 0.1) is 0 Å². The molecule has 0 aliphatic carbocycles. The first-order valence-electron chi connectivity index (χ1n) is 6.78. The van der Waals surface area contributed by atoms with Crippen molar-refractivity contribution in [1.29, 1.82) is 0 Å². The van der Waals surface area contributed by atoms with Crippen molar-refractivity contribution in [1.82, 2.24) is 0 Å². The minimum absolute atomic E-state index is 0.0238. The maximum Gasteiger partial charge on any atom is 0.369 e. The second-order valence-electron chi connectivity index (χ2n) is 3.91. The molecule has 0 fully saturated rings. The van der Waals surface area contributed by atoms with Gasteiger partial charge in [0.05, 0.1) is 52.4 Å². The molecule has 0 N–H and O–H groups in total. The first-order valence-corrected chi connectivity index (χ1v) is 8.48. The van der Waals surface area contributed by atoms with Gasteiger partial charge in [0, 0.05) is 6.92 Å². The molecule has 0 spiro atoms. The Labute approximate surface area is 124 Å². The van der Waals surface area contributed by atoms with Gasteiger partial charge >= 0.3 is 13.6 Å². The molecule has 0 rings (SSSR count). The molecular formula is C12H24FO7P. The number of hydrogen-bond acceptors (Lipinski definition) is 7. The predicted octanol–water partition coefficient (Wildman–Crippen LogP) is 1.80. The Kier molecular flexibility index (Phi) is 12.8. The Bertz CT molecular complexity index is 314. The van der Waals surface area contributed by atoms with Crippen LogP contribution in [0.2, 0.25) is 0 Å². The van der Waals surface area contributed by atoms with E-state index in [1.54, 1.807) is 6.92 Å². The number of carbonyl (C=O) groups is 1. The number of halogens is 1. The van der Waals surface area contributed by atoms with E-state index >= 15 is 0 Å². The largest absolute Gasteiger partial charge is 0.463 e. The summed E-state index contributed by atoms with van der Waals surface area (Å²) in [5.74, 6) is -0.339. The van der Waals surface area contributed by atoms with Gasteiger partial charge in [0.1, 0.15) is 6.61 Å². The topological polar surface area (TPSA) is 80.3 Å². The van der Waals surface area contributed by atoms with Gasteiger partial charge in [-0.1, -0.05) is 0 Å². The molecule has 21 heavy (non-hydrogen) atoms. The fourth-order valence-corrected chi connectivity index (χ4v) is 2.08. The van der Waals surface area contributed by atoms with E-state index in [0.717, 1.165) is 0 Å². The van der Waals surface area contributed by atoms with Crippen LogP contribution < -0.4 is 0 Å². The number of rotatable bonds is 14. The third kappa shape index (κ3) is 15.7. The van der Waals surface area contributed by atoms with Gasteiger partial charge in [-0.15, -0.1) is 0 Å². The summed E-state index contributed by atoms with van der Waals surface area (Å²) in [7, 11) is -4.00. The fraction of sp³-hybridized carbons (Fsp3) is 0.917. The smallest absolute Gasteiger partial charge is 0.369 e. The first-order chi connectivity index (χ1) is 9.98. The summed E-state index contributed by atoms with van der Waals surface area (Å²) in [5, 5.41) is 0. The predicted molar refractivity (Wildman–Crippen MR) is 74.3 cm³/mol. The first kappa shape index (κ1) is 20.5. The van der Waals surface area contributed by atoms with Gasteiger partial charge in [-0.3, -0.25) is 9.36 Å². The molecule has 0 saturated heterocycles. The summed E-state index contributed by atoms with van der Waals surface area (Å²) in [6.07, 6.45) is -0.250. The standard InChI is InChI=1S/C12H24FO7P/c1-3-20-21(13,15)11-10-18-7-6-16-4-5-17-8-9-19-12(2)14/h3-11H2,1-2H3. The minimum Gasteiger partial charge on any atom is -0.463 e. The van der Waals surface area contributed by atoms with Crippen molar-refractivity contribution in [2.24, 2.45) is 0 Å². The highest BCUT2D eigenvalue weighted by Crippen LogP contribution is 2.47. The van der Waals surface area contributed by atoms with Crippen molar-refractivity contribution in [2.45, 2.75) is 13.8 Å². The summed E-state index contributed by atoms with van der Waals surface area (Å²) in [6.45, 7) is 4.93. The zero-order valence-electron chi connectivity index (χ0n) is 12.5. The molecule has 0 heterocycles. The molecule has 7 nitrogen and oxygen atoms in total. The van der Waals surface area contributed by atoms with Crippen LogP contribution in [0.4, 0.5) is 4.20 Å². The van der Waals surface area contributed by atoms with E-state index in [2.05, 4.69) is 9.26 Å². The quantitative estimate of drug-likeness (QED) is 0.273. The van der Waals surface area contributed by atoms with E-state index in [-0.39, 0.29) is 38.6 Å². The number of esters is 1. The lowest BCUT2D eigenvalue weighted by Crippen LogP contribution is -2.13. The van der Waals surface area contributed by atoms with Gasteiger partial charge < -0.3 is 23.5 Å². The van der Waals surface area contributed by atoms with Crippen LogP contribution in [-0.4, -0.2) is 65.0 Å². The van der Waals surface area contributed by atoms with Crippen LogP contribution in [0.1, 0.15) is 13.8 Å². The van der Waals surface area contributed by atoms with Crippen LogP contribution in [0.5, 0.6) is 0 Å². The van der Waals surface area contributed by atoms with Gasteiger partial charge in [0.15, 0.2) is 0 Å². The monoisotopic (exact) mass is 330 g/mol. The molecule has 0 amide bonds. The highest BCUT2D eigenvalue weighted by molar-refractivity contribution is 7.53. The number of carbonyl (C=O) groups excluding carboxylic acids is 1. The molecule has 0 aromatic heterocycles. The van der Waals surface area contributed by atoms with Gasteiger partial charge in [0.2, 0.25) is 0 Å². The third-order valence-electron chi connectivity index (χ3n) is 2.10. The Hall–Kier alpha value is -0.530. The van der Waals surface area contributed by atoms with E-state index in [9.17, 15) is 13.6 Å². The van der Waals surface area contributed by atoms with Crippen LogP contribution in [-0.2, 0) is 32.8 Å². The average molecular weight is 330 g/mol. The molecule has 0 aliphatic heterocycles. The summed E-state index contributed by atoms with van der Waals surface area (Å²) in [5.41, 5.74) is 0. The third-order valence-corrected chi connectivity index (χ3v) is 3.46. The molecule has 0 aromatic carbocycles. The van der Waals surface area contributed by atoms with Crippen molar-refractivity contribution >= 4 is 13.6 Å². The molecule has 0 aliphatic rings. The van der Waals surface area contributed by atoms with Crippen molar-refractivity contribution < 1.29 is 37.0 Å². The molecule has 0 aromatic rings. The number of hydrogen-bond donors (Lipinski definition) is 0. The van der Waals surface area contributed by atoms with Gasteiger partial charge in [-0.25, -0.2) is 0 Å². The van der Waals surface area contributed by atoms with Crippen molar-refractivity contribution in [3.05, 3.63) is 0 Å². The Balaban J connectivity index is 3.19. The summed E-state index contributed by atoms with van der Waals surface area (Å²) in [6, 6.07) is 0. The lowest BCUT2D eigenvalue weighted by Gasteiger charge is -2.09. The highest BCUT2D eigenvalue weighted by atomic mass is 31.2. The van der Waals surface area contributed by atoms with E-state index in [1.165, 1.54) is 6.92 Å². The Morgan fingerprint density at radius 3 is 1.90 bits per heavy atom. The minimum atomic E-state index is -4.00. The van der Waals surface area contributed by atoms with Crippen LogP contribution >= 0.6 is 7.68 Å². The van der Waals surface area contributed by atoms with Crippen molar-refractivity contribution in [3.8, 4) is 0 Å². The van der Waals surface area contributed by atoms with Crippen LogP contribution in [0.3, 0.4) is 0 Å². The van der Waals surface area contributed by atoms with Crippen LogP contribution in [0.15, 0.2) is 0 Å². The van der Waals surface area contributed by atoms with Crippen molar-refractivity contribution in [3.63, 3.8) is 0 Å². The summed E-state index contributed by atoms with van der Waals surface area (Å²) < 4.78 is 48.7. The van der Waals surface area contributed by atoms with Gasteiger partial charge in [-0.2, -0.15) is 4.20 Å². The molecule has 9 heteroatoms. The lowest BCUT2D eigenvalue weighted by atomic mass is 10.7. The zero-order chi connectivity index (χ0) is 16.0. The SMILES string of the molecule is CCOP(=O)(F)CCOCCOCCOCCOC(C)=O. The van der Waals surface area contributed by atoms with E-state index in [1.807, 2.05) is 0 Å². The molecule has 0 radical (unpaired) electrons. The second kappa shape index (κ2) is 13.2. The van der Waals surface area contributed by atoms with Gasteiger partial charge in [0.25, 0.3) is 0 Å². The molecule has 126 valence electrons. The van der Waals surface area contributed by atoms with E-state index < -0.39 is 7.68 Å². The molecular weight excluding hydrogens is 306 g/mol. The molecule has 0 saturated carbocycles. The van der Waals surface area contributed by atoms with E-state index in [0.29, 0.717) is 26.4 Å². The second-order valence-corrected chi connectivity index (χ2v) is 5.79. The summed E-state index contributed by atoms with van der Waals surface area (Å²) >= 11 is 0. The average Bonchev–Trinajstić information content (AvgIpc) is 2.39. The molecule has 0 bridgehead atoms. The maximum absolute atomic E-state index is 13.1. The molecule has 1 atom stereocenters. The Morgan fingerprint density at radius 2 is 1.43 bits per heavy atom. The van der Waals surface area contributed by atoms with E-state index in [4.69, 9.17) is 14.2 Å². The molecule has 1 unspecified atom stereocenters. The normalized spacial score (nSPS) is 13.9. The lowest BCUT2D eigenvalue weighted by molar-refractivity contribution is -0.142. The fourth-order valence-electron chi connectivity index (χ4n) is 1.22. The van der Waals surface area contributed by atoms with Crippen molar-refractivity contribution in [2.75, 3.05) is 59.0 Å². The number of ether oxygens (including phenoxy) is 4. The van der Waals surface area contributed by atoms with Crippen LogP contribution in [0.25, 0.3) is 0 Å².